The predicted molar refractivity (Wildman–Crippen MR) is 218 cm³/mol. The number of carboxylic acid groups (broad SMARTS) is 1. The van der Waals surface area contributed by atoms with Crippen molar-refractivity contribution in [2.24, 2.45) is 5.73 Å². The second kappa shape index (κ2) is 34.2. The van der Waals surface area contributed by atoms with E-state index in [0.717, 1.165) is 24.8 Å². The molecule has 0 radical (unpaired) electrons. The third kappa shape index (κ3) is 41.6. The van der Waals surface area contributed by atoms with E-state index >= 15 is 0 Å². The van der Waals surface area contributed by atoms with Crippen LogP contribution in [0.3, 0.4) is 0 Å². The molecule has 0 aliphatic rings. The Kier molecular flexibility index (Phi) is 33.2. The van der Waals surface area contributed by atoms with Gasteiger partial charge in [-0.25, -0.2) is 4.79 Å². The predicted octanol–water partition coefficient (Wildman–Crippen LogP) is 4.82. The number of hydrogen-bond donors (Lipinski definition) is 10. The van der Waals surface area contributed by atoms with Crippen LogP contribution in [0.2, 0.25) is 0 Å². The molecule has 0 heterocycles. The fourth-order valence-electron chi connectivity index (χ4n) is 4.94. The first-order valence-electron chi connectivity index (χ1n) is 19.1. The zero-order chi connectivity index (χ0) is 43.5. The number of phenolic OH excluding ortho intramolecular Hbond substituents is 2. The number of nitrogens with one attached hydrogen (secondary N) is 2. The average molecular weight is 852 g/mol. The van der Waals surface area contributed by atoms with Crippen LogP contribution in [0.1, 0.15) is 115 Å². The van der Waals surface area contributed by atoms with E-state index < -0.39 is 56.8 Å². The van der Waals surface area contributed by atoms with Gasteiger partial charge in [0.25, 0.3) is 10.1 Å². The molecule has 2 aromatic rings. The molecule has 19 heteroatoms. The monoisotopic (exact) mass is 851 g/mol. The third-order valence-corrected chi connectivity index (χ3v) is 8.69. The minimum absolute atomic E-state index is 0.0175. The van der Waals surface area contributed by atoms with Gasteiger partial charge in [-0.05, 0) is 42.7 Å². The number of unbranched alkanes of at least 4 members (excludes halogenated alkanes) is 14. The molecule has 0 aromatic heterocycles. The first-order valence-corrected chi connectivity index (χ1v) is 22.1. The van der Waals surface area contributed by atoms with Crippen LogP contribution in [0.5, 0.6) is 11.5 Å². The van der Waals surface area contributed by atoms with Crippen LogP contribution in [0, 0.1) is 0 Å². The van der Waals surface area contributed by atoms with E-state index in [-0.39, 0.29) is 24.0 Å². The Balaban J connectivity index is 0. The molecule has 17 nitrogen and oxygen atoms in total. The standard InChI is InChI=1S/C20H41NO4S.C12H16N2O4.C6H6O2.H2O4S/c1-2-3-4-5-6-7-8-9-10-11-12-13-14-15-16-17-20(22)21-18-19-26(23,24)25;13-9(6-8-4-2-1-3-5-8)11(16)14-10(7-15)12(17)18;7-5-1-2-6(8)4-3-5;1-5(2,3)4/h2-19H2,1H3,(H,21,22)(H,23,24,25);1-5,9-10,15H,6-7,13H2,(H,14,16)(H,17,18);1-4,7-8H;(H2,1,2,3,4)/t;9-,10-;;/m.0../s1. The molecule has 2 aromatic carbocycles. The molecular formula is C38H65N3O14S2. The topological polar surface area (TPSA) is 311 Å². The normalized spacial score (nSPS) is 11.9. The number of aliphatic hydroxyl groups excluding tert-OH is 1. The molecule has 0 bridgehead atoms. The van der Waals surface area contributed by atoms with Crippen molar-refractivity contribution in [3.05, 3.63) is 60.2 Å². The third-order valence-electron chi connectivity index (χ3n) is 7.97. The SMILES string of the molecule is CCCCCCCCCCCCCCCCCC(=O)NCCS(=O)(=O)O.N[C@@H](Cc1ccccc1)C(=O)N[C@@H](CO)C(=O)O.O=S(=O)(O)O.Oc1ccc(O)cc1. The lowest BCUT2D eigenvalue weighted by molar-refractivity contribution is -0.143. The van der Waals surface area contributed by atoms with E-state index in [4.69, 9.17) is 48.2 Å². The number of phenols is 2. The number of carboxylic acids is 1. The van der Waals surface area contributed by atoms with Crippen molar-refractivity contribution in [1.82, 2.24) is 10.6 Å². The van der Waals surface area contributed by atoms with Crippen LogP contribution in [0.15, 0.2) is 54.6 Å². The molecule has 11 N–H and O–H groups in total. The molecule has 0 saturated heterocycles. The summed E-state index contributed by atoms with van der Waals surface area (Å²) >= 11 is 0. The zero-order valence-electron chi connectivity index (χ0n) is 32.9. The van der Waals surface area contributed by atoms with Crippen LogP contribution >= 0.6 is 0 Å². The van der Waals surface area contributed by atoms with Crippen molar-refractivity contribution >= 4 is 38.3 Å². The average Bonchev–Trinajstić information content (AvgIpc) is 3.13. The second-order valence-corrected chi connectivity index (χ2v) is 15.6. The van der Waals surface area contributed by atoms with E-state index in [9.17, 15) is 22.8 Å². The van der Waals surface area contributed by atoms with Crippen molar-refractivity contribution < 1.29 is 65.3 Å². The van der Waals surface area contributed by atoms with Gasteiger partial charge in [-0.3, -0.25) is 23.2 Å². The highest BCUT2D eigenvalue weighted by Gasteiger charge is 2.22. The van der Waals surface area contributed by atoms with E-state index in [1.165, 1.54) is 101 Å². The summed E-state index contributed by atoms with van der Waals surface area (Å²) in [6.45, 7) is 1.57. The van der Waals surface area contributed by atoms with Gasteiger partial charge in [0, 0.05) is 13.0 Å². The molecule has 57 heavy (non-hydrogen) atoms. The fraction of sp³-hybridized carbons (Fsp3) is 0.605. The summed E-state index contributed by atoms with van der Waals surface area (Å²) in [5.41, 5.74) is 6.55. The molecule has 0 spiro atoms. The van der Waals surface area contributed by atoms with Gasteiger partial charge in [0.15, 0.2) is 0 Å². The van der Waals surface area contributed by atoms with E-state index in [0.29, 0.717) is 12.8 Å². The van der Waals surface area contributed by atoms with Crippen molar-refractivity contribution in [3.8, 4) is 11.5 Å². The van der Waals surface area contributed by atoms with Gasteiger partial charge in [-0.15, -0.1) is 0 Å². The Hall–Kier alpha value is -3.85. The Morgan fingerprint density at radius 1 is 0.684 bits per heavy atom. The van der Waals surface area contributed by atoms with Crippen LogP contribution in [-0.4, -0.2) is 99.7 Å². The number of aliphatic hydroxyl groups is 1. The van der Waals surface area contributed by atoms with Gasteiger partial charge < -0.3 is 36.8 Å². The van der Waals surface area contributed by atoms with Crippen molar-refractivity contribution in [2.75, 3.05) is 18.9 Å². The highest BCUT2D eigenvalue weighted by molar-refractivity contribution is 7.85. The number of carbonyl (C=O) groups is 3. The summed E-state index contributed by atoms with van der Waals surface area (Å²) in [5, 5.41) is 39.4. The zero-order valence-corrected chi connectivity index (χ0v) is 34.5. The van der Waals surface area contributed by atoms with Gasteiger partial charge in [-0.2, -0.15) is 16.8 Å². The second-order valence-electron chi connectivity index (χ2n) is 13.2. The minimum atomic E-state index is -4.67. The molecule has 2 rings (SSSR count). The molecule has 0 aliphatic carbocycles. The minimum Gasteiger partial charge on any atom is -0.508 e. The van der Waals surface area contributed by atoms with Gasteiger partial charge in [0.05, 0.1) is 18.4 Å². The Labute approximate surface area is 337 Å². The maximum Gasteiger partial charge on any atom is 0.394 e. The molecule has 2 amide bonds. The molecule has 0 aliphatic heterocycles. The first-order chi connectivity index (χ1) is 26.8. The van der Waals surface area contributed by atoms with Crippen molar-refractivity contribution in [3.63, 3.8) is 0 Å². The summed E-state index contributed by atoms with van der Waals surface area (Å²) in [6, 6.07) is 12.7. The molecular weight excluding hydrogens is 787 g/mol. The van der Waals surface area contributed by atoms with Gasteiger partial charge in [-0.1, -0.05) is 127 Å². The summed E-state index contributed by atoms with van der Waals surface area (Å²) < 4.78 is 61.2. The number of nitrogens with two attached hydrogens (primary N) is 1. The highest BCUT2D eigenvalue weighted by Crippen LogP contribution is 2.14. The van der Waals surface area contributed by atoms with Gasteiger partial charge in [0.2, 0.25) is 11.8 Å². The van der Waals surface area contributed by atoms with Gasteiger partial charge in [0.1, 0.15) is 17.5 Å². The Bertz CT molecular complexity index is 1520. The van der Waals surface area contributed by atoms with Crippen molar-refractivity contribution in [2.45, 2.75) is 128 Å². The lowest BCUT2D eigenvalue weighted by atomic mass is 10.0. The van der Waals surface area contributed by atoms with Gasteiger partial charge >= 0.3 is 16.4 Å². The Morgan fingerprint density at radius 3 is 1.46 bits per heavy atom. The molecule has 0 fully saturated rings. The summed E-state index contributed by atoms with van der Waals surface area (Å²) in [4.78, 5) is 33.7. The largest absolute Gasteiger partial charge is 0.508 e. The number of amides is 2. The smallest absolute Gasteiger partial charge is 0.394 e. The number of aromatic hydroxyl groups is 2. The number of benzene rings is 2. The number of carbonyl (C=O) groups excluding carboxylic acids is 2. The van der Waals surface area contributed by atoms with E-state index in [1.807, 2.05) is 30.3 Å². The molecule has 0 unspecified atom stereocenters. The van der Waals surface area contributed by atoms with Crippen LogP contribution in [-0.2, 0) is 41.3 Å². The summed E-state index contributed by atoms with van der Waals surface area (Å²) in [7, 11) is -8.65. The van der Waals surface area contributed by atoms with Crippen LogP contribution < -0.4 is 16.4 Å². The molecule has 328 valence electrons. The van der Waals surface area contributed by atoms with E-state index in [2.05, 4.69) is 17.6 Å². The molecule has 2 atom stereocenters. The highest BCUT2D eigenvalue weighted by atomic mass is 32.3. The van der Waals surface area contributed by atoms with Crippen molar-refractivity contribution in [1.29, 1.82) is 0 Å². The Morgan fingerprint density at radius 2 is 1.09 bits per heavy atom. The van der Waals surface area contributed by atoms with Crippen LogP contribution in [0.25, 0.3) is 0 Å². The number of rotatable bonds is 25. The maximum atomic E-state index is 11.6. The summed E-state index contributed by atoms with van der Waals surface area (Å²) in [6.07, 6.45) is 20.1. The molecule has 0 saturated carbocycles. The fourth-order valence-corrected chi connectivity index (χ4v) is 5.30. The van der Waals surface area contributed by atoms with E-state index in [1.54, 1.807) is 0 Å². The number of aliphatic carboxylic acids is 1. The lowest BCUT2D eigenvalue weighted by Gasteiger charge is -2.16. The number of hydrogen-bond acceptors (Lipinski definition) is 11. The lowest BCUT2D eigenvalue weighted by Crippen LogP contribution is -2.50. The maximum absolute atomic E-state index is 11.6. The van der Waals surface area contributed by atoms with Crippen LogP contribution in [0.4, 0.5) is 0 Å². The first kappa shape index (κ1) is 55.2. The quantitative estimate of drug-likeness (QED) is 0.0364. The summed E-state index contributed by atoms with van der Waals surface area (Å²) in [5.74, 6) is -2.11.